The predicted molar refractivity (Wildman–Crippen MR) is 72.6 cm³/mol. The van der Waals surface area contributed by atoms with E-state index < -0.39 is 10.9 Å². The van der Waals surface area contributed by atoms with E-state index in [1.54, 1.807) is 6.07 Å². The van der Waals surface area contributed by atoms with Gasteiger partial charge in [-0.3, -0.25) is 10.1 Å². The minimum absolute atomic E-state index is 0.0675. The highest BCUT2D eigenvalue weighted by atomic mass is 35.5. The maximum atomic E-state index is 11.0. The zero-order valence-corrected chi connectivity index (χ0v) is 10.7. The Morgan fingerprint density at radius 2 is 2.10 bits per heavy atom. The molecule has 0 saturated carbocycles. The maximum absolute atomic E-state index is 11.0. The number of rotatable bonds is 4. The summed E-state index contributed by atoms with van der Waals surface area (Å²) in [5, 5.41) is 22.5. The van der Waals surface area contributed by atoms with Gasteiger partial charge in [0.2, 0.25) is 0 Å². The van der Waals surface area contributed by atoms with Crippen molar-refractivity contribution >= 4 is 34.8 Å². The van der Waals surface area contributed by atoms with Crippen LogP contribution in [0, 0.1) is 10.1 Å². The van der Waals surface area contributed by atoms with Crippen LogP contribution in [0.2, 0.25) is 5.02 Å². The predicted octanol–water partition coefficient (Wildman–Crippen LogP) is 3.09. The molecular formula is C12H8ClN3O4. The molecule has 0 fully saturated rings. The number of carbonyl (C=O) groups is 1. The summed E-state index contributed by atoms with van der Waals surface area (Å²) in [6.07, 6.45) is 1.29. The SMILES string of the molecule is O=C(O)c1cc(Nc2cc([N+](=O)[O-])ccn2)ccc1Cl. The summed E-state index contributed by atoms with van der Waals surface area (Å²) in [4.78, 5) is 25.0. The van der Waals surface area contributed by atoms with Crippen molar-refractivity contribution in [2.75, 3.05) is 5.32 Å². The third kappa shape index (κ3) is 3.01. The van der Waals surface area contributed by atoms with Crippen molar-refractivity contribution in [2.45, 2.75) is 0 Å². The number of hydrogen-bond donors (Lipinski definition) is 2. The van der Waals surface area contributed by atoms with Gasteiger partial charge in [0.1, 0.15) is 5.82 Å². The molecule has 1 heterocycles. The van der Waals surface area contributed by atoms with Crippen LogP contribution in [0.1, 0.15) is 10.4 Å². The Kier molecular flexibility index (Phi) is 3.81. The van der Waals surface area contributed by atoms with Crippen LogP contribution in [0.3, 0.4) is 0 Å². The number of pyridine rings is 1. The third-order valence-corrected chi connectivity index (χ3v) is 2.75. The first-order valence-corrected chi connectivity index (χ1v) is 5.75. The Hall–Kier alpha value is -2.67. The molecule has 0 bridgehead atoms. The summed E-state index contributed by atoms with van der Waals surface area (Å²) < 4.78 is 0. The van der Waals surface area contributed by atoms with Crippen molar-refractivity contribution in [3.8, 4) is 0 Å². The number of aromatic carboxylic acids is 1. The molecular weight excluding hydrogens is 286 g/mol. The summed E-state index contributed by atoms with van der Waals surface area (Å²) in [6.45, 7) is 0. The average molecular weight is 294 g/mol. The number of nitro groups is 1. The summed E-state index contributed by atoms with van der Waals surface area (Å²) in [6, 6.07) is 6.80. The molecule has 0 atom stereocenters. The van der Waals surface area contributed by atoms with Gasteiger partial charge in [0.05, 0.1) is 21.6 Å². The molecule has 20 heavy (non-hydrogen) atoms. The van der Waals surface area contributed by atoms with Gasteiger partial charge >= 0.3 is 5.97 Å². The molecule has 0 spiro atoms. The molecule has 8 heteroatoms. The van der Waals surface area contributed by atoms with Crippen LogP contribution >= 0.6 is 11.6 Å². The van der Waals surface area contributed by atoms with Gasteiger partial charge in [-0.15, -0.1) is 0 Å². The number of halogens is 1. The van der Waals surface area contributed by atoms with Crippen LogP contribution in [-0.4, -0.2) is 21.0 Å². The van der Waals surface area contributed by atoms with Crippen molar-refractivity contribution in [3.63, 3.8) is 0 Å². The molecule has 0 amide bonds. The van der Waals surface area contributed by atoms with E-state index >= 15 is 0 Å². The first kappa shape index (κ1) is 13.8. The second kappa shape index (κ2) is 5.54. The standard InChI is InChI=1S/C12H8ClN3O4/c13-10-2-1-7(5-9(10)12(17)18)15-11-6-8(16(19)20)3-4-14-11/h1-6H,(H,14,15)(H,17,18). The lowest BCUT2D eigenvalue weighted by Gasteiger charge is -2.07. The zero-order valence-electron chi connectivity index (χ0n) is 9.91. The fraction of sp³-hybridized carbons (Fsp3) is 0. The van der Waals surface area contributed by atoms with Gasteiger partial charge in [0, 0.05) is 18.0 Å². The fourth-order valence-electron chi connectivity index (χ4n) is 1.52. The van der Waals surface area contributed by atoms with E-state index in [4.69, 9.17) is 16.7 Å². The molecule has 0 unspecified atom stereocenters. The lowest BCUT2D eigenvalue weighted by Crippen LogP contribution is -2.00. The number of nitrogens with zero attached hydrogens (tertiary/aromatic N) is 2. The molecule has 2 rings (SSSR count). The molecule has 0 aliphatic carbocycles. The minimum atomic E-state index is -1.16. The van der Waals surface area contributed by atoms with E-state index in [1.807, 2.05) is 0 Å². The average Bonchev–Trinajstić information content (AvgIpc) is 2.41. The Labute approximate surface area is 118 Å². The Balaban J connectivity index is 2.30. The Bertz CT molecular complexity index is 690. The molecule has 1 aromatic carbocycles. The molecule has 0 saturated heterocycles. The zero-order chi connectivity index (χ0) is 14.7. The number of nitrogens with one attached hydrogen (secondary N) is 1. The lowest BCUT2D eigenvalue weighted by atomic mass is 10.2. The van der Waals surface area contributed by atoms with Gasteiger partial charge in [-0.1, -0.05) is 11.6 Å². The summed E-state index contributed by atoms with van der Waals surface area (Å²) in [5.41, 5.74) is 0.233. The molecule has 102 valence electrons. The van der Waals surface area contributed by atoms with Crippen LogP contribution in [0.25, 0.3) is 0 Å². The van der Waals surface area contributed by atoms with E-state index in [9.17, 15) is 14.9 Å². The normalized spacial score (nSPS) is 10.1. The number of hydrogen-bond acceptors (Lipinski definition) is 5. The van der Waals surface area contributed by atoms with Gasteiger partial charge in [-0.05, 0) is 18.2 Å². The Morgan fingerprint density at radius 3 is 2.75 bits per heavy atom. The van der Waals surface area contributed by atoms with E-state index in [2.05, 4.69) is 10.3 Å². The second-order valence-electron chi connectivity index (χ2n) is 3.78. The molecule has 2 N–H and O–H groups in total. The van der Waals surface area contributed by atoms with Gasteiger partial charge < -0.3 is 10.4 Å². The van der Waals surface area contributed by atoms with Gasteiger partial charge in [0.15, 0.2) is 0 Å². The topological polar surface area (TPSA) is 105 Å². The maximum Gasteiger partial charge on any atom is 0.337 e. The monoisotopic (exact) mass is 293 g/mol. The van der Waals surface area contributed by atoms with Gasteiger partial charge in [-0.2, -0.15) is 0 Å². The highest BCUT2D eigenvalue weighted by Gasteiger charge is 2.11. The summed E-state index contributed by atoms with van der Waals surface area (Å²) in [7, 11) is 0. The Morgan fingerprint density at radius 1 is 1.35 bits per heavy atom. The highest BCUT2D eigenvalue weighted by molar-refractivity contribution is 6.33. The van der Waals surface area contributed by atoms with Crippen LogP contribution in [0.5, 0.6) is 0 Å². The second-order valence-corrected chi connectivity index (χ2v) is 4.19. The van der Waals surface area contributed by atoms with Crippen LogP contribution in [0.4, 0.5) is 17.2 Å². The molecule has 7 nitrogen and oxygen atoms in total. The van der Waals surface area contributed by atoms with Crippen molar-refractivity contribution in [1.29, 1.82) is 0 Å². The lowest BCUT2D eigenvalue weighted by molar-refractivity contribution is -0.384. The summed E-state index contributed by atoms with van der Waals surface area (Å²) >= 11 is 5.75. The van der Waals surface area contributed by atoms with E-state index in [1.165, 1.54) is 30.5 Å². The molecule has 0 aliphatic rings. The summed E-state index contributed by atoms with van der Waals surface area (Å²) in [5.74, 6) is -0.927. The van der Waals surface area contributed by atoms with Gasteiger partial charge in [-0.25, -0.2) is 9.78 Å². The van der Waals surface area contributed by atoms with Crippen LogP contribution in [-0.2, 0) is 0 Å². The number of benzene rings is 1. The third-order valence-electron chi connectivity index (χ3n) is 2.42. The quantitative estimate of drug-likeness (QED) is 0.663. The first-order valence-electron chi connectivity index (χ1n) is 5.37. The van der Waals surface area contributed by atoms with Crippen molar-refractivity contribution in [2.24, 2.45) is 0 Å². The number of aromatic nitrogens is 1. The smallest absolute Gasteiger partial charge is 0.337 e. The largest absolute Gasteiger partial charge is 0.478 e. The molecule has 2 aromatic rings. The van der Waals surface area contributed by atoms with Crippen molar-refractivity contribution in [1.82, 2.24) is 4.98 Å². The first-order chi connectivity index (χ1) is 9.47. The van der Waals surface area contributed by atoms with Crippen LogP contribution in [0.15, 0.2) is 36.5 Å². The number of anilines is 2. The number of carboxylic acids is 1. The van der Waals surface area contributed by atoms with Crippen molar-refractivity contribution in [3.05, 3.63) is 57.2 Å². The molecule has 0 radical (unpaired) electrons. The highest BCUT2D eigenvalue weighted by Crippen LogP contribution is 2.24. The van der Waals surface area contributed by atoms with Crippen molar-refractivity contribution < 1.29 is 14.8 Å². The van der Waals surface area contributed by atoms with E-state index in [-0.39, 0.29) is 22.1 Å². The number of carboxylic acid groups (broad SMARTS) is 1. The fourth-order valence-corrected chi connectivity index (χ4v) is 1.71. The molecule has 1 aromatic heterocycles. The molecule has 0 aliphatic heterocycles. The van der Waals surface area contributed by atoms with Gasteiger partial charge in [0.25, 0.3) is 5.69 Å². The van der Waals surface area contributed by atoms with Crippen LogP contribution < -0.4 is 5.32 Å². The van der Waals surface area contributed by atoms with E-state index in [0.29, 0.717) is 5.69 Å². The van der Waals surface area contributed by atoms with E-state index in [0.717, 1.165) is 0 Å². The minimum Gasteiger partial charge on any atom is -0.478 e.